The highest BCUT2D eigenvalue weighted by Gasteiger charge is 2.09. The van der Waals surface area contributed by atoms with E-state index in [0.717, 1.165) is 24.2 Å². The second-order valence-corrected chi connectivity index (χ2v) is 3.66. The number of benzene rings is 1. The van der Waals surface area contributed by atoms with Crippen LogP contribution in [-0.4, -0.2) is 18.7 Å². The van der Waals surface area contributed by atoms with Crippen molar-refractivity contribution in [3.8, 4) is 0 Å². The summed E-state index contributed by atoms with van der Waals surface area (Å²) in [6.45, 7) is 4.98. The zero-order chi connectivity index (χ0) is 10.6. The number of aliphatic hydroxyl groups excluding tert-OH is 1. The number of aliphatic hydroxyl groups is 1. The van der Waals surface area contributed by atoms with Crippen LogP contribution in [0.2, 0.25) is 0 Å². The van der Waals surface area contributed by atoms with Gasteiger partial charge in [0, 0.05) is 24.8 Å². The first kappa shape index (κ1) is 11.1. The van der Waals surface area contributed by atoms with Crippen molar-refractivity contribution in [1.29, 1.82) is 0 Å². The maximum Gasteiger partial charge on any atom is 0.0781 e. The number of anilines is 1. The van der Waals surface area contributed by atoms with Gasteiger partial charge in [-0.15, -0.1) is 0 Å². The summed E-state index contributed by atoms with van der Waals surface area (Å²) in [4.78, 5) is 2.18. The highest BCUT2D eigenvalue weighted by Crippen LogP contribution is 2.25. The smallest absolute Gasteiger partial charge is 0.0781 e. The molecule has 2 nitrogen and oxygen atoms in total. The summed E-state index contributed by atoms with van der Waals surface area (Å²) in [5, 5.41) is 9.59. The lowest BCUT2D eigenvalue weighted by atomic mass is 10.1. The second-order valence-electron chi connectivity index (χ2n) is 3.66. The van der Waals surface area contributed by atoms with Crippen molar-refractivity contribution in [1.82, 2.24) is 0 Å². The number of hydrogen-bond donors (Lipinski definition) is 1. The van der Waals surface area contributed by atoms with Crippen LogP contribution in [0.3, 0.4) is 0 Å². The van der Waals surface area contributed by atoms with Gasteiger partial charge in [0.05, 0.1) is 6.10 Å². The van der Waals surface area contributed by atoms with Gasteiger partial charge < -0.3 is 10.0 Å². The Morgan fingerprint density at radius 1 is 1.36 bits per heavy atom. The lowest BCUT2D eigenvalue weighted by Gasteiger charge is -2.22. The van der Waals surface area contributed by atoms with Crippen molar-refractivity contribution >= 4 is 5.69 Å². The van der Waals surface area contributed by atoms with Crippen molar-refractivity contribution in [2.24, 2.45) is 0 Å². The molecule has 0 aromatic heterocycles. The molecule has 0 heterocycles. The normalized spacial score (nSPS) is 12.6. The molecule has 1 atom stereocenters. The van der Waals surface area contributed by atoms with Crippen LogP contribution in [0.4, 0.5) is 5.69 Å². The molecule has 1 aromatic carbocycles. The summed E-state index contributed by atoms with van der Waals surface area (Å²) in [7, 11) is 2.06. The predicted octanol–water partition coefficient (Wildman–Crippen LogP) is 2.59. The van der Waals surface area contributed by atoms with Gasteiger partial charge in [0.15, 0.2) is 0 Å². The van der Waals surface area contributed by atoms with E-state index in [4.69, 9.17) is 0 Å². The molecule has 0 aliphatic carbocycles. The van der Waals surface area contributed by atoms with E-state index in [0.29, 0.717) is 0 Å². The van der Waals surface area contributed by atoms with Crippen molar-refractivity contribution in [3.05, 3.63) is 29.8 Å². The van der Waals surface area contributed by atoms with Gasteiger partial charge in [0.1, 0.15) is 0 Å². The molecule has 0 radical (unpaired) electrons. The summed E-state index contributed by atoms with van der Waals surface area (Å²) < 4.78 is 0. The minimum absolute atomic E-state index is 0.398. The summed E-state index contributed by atoms with van der Waals surface area (Å²) in [6, 6.07) is 8.00. The van der Waals surface area contributed by atoms with Gasteiger partial charge in [0.25, 0.3) is 0 Å². The molecule has 1 N–H and O–H groups in total. The molecule has 78 valence electrons. The molecule has 0 aliphatic rings. The van der Waals surface area contributed by atoms with Crippen molar-refractivity contribution in [2.75, 3.05) is 18.5 Å². The molecular weight excluding hydrogens is 174 g/mol. The first-order valence-corrected chi connectivity index (χ1v) is 5.15. The summed E-state index contributed by atoms with van der Waals surface area (Å²) in [6.07, 6.45) is 0.718. The van der Waals surface area contributed by atoms with Crippen molar-refractivity contribution in [3.63, 3.8) is 0 Å². The zero-order valence-corrected chi connectivity index (χ0v) is 9.20. The average molecular weight is 193 g/mol. The van der Waals surface area contributed by atoms with E-state index < -0.39 is 6.10 Å². The Morgan fingerprint density at radius 3 is 2.57 bits per heavy atom. The third kappa shape index (κ3) is 2.48. The van der Waals surface area contributed by atoms with Crippen LogP contribution in [0.15, 0.2) is 24.3 Å². The largest absolute Gasteiger partial charge is 0.389 e. The Labute approximate surface area is 86.2 Å². The topological polar surface area (TPSA) is 23.5 Å². The zero-order valence-electron chi connectivity index (χ0n) is 9.20. The van der Waals surface area contributed by atoms with Crippen LogP contribution in [0, 0.1) is 0 Å². The highest BCUT2D eigenvalue weighted by atomic mass is 16.3. The van der Waals surface area contributed by atoms with Crippen LogP contribution in [0.25, 0.3) is 0 Å². The average Bonchev–Trinajstić information content (AvgIpc) is 2.18. The lowest BCUT2D eigenvalue weighted by Crippen LogP contribution is -2.19. The van der Waals surface area contributed by atoms with Crippen molar-refractivity contribution in [2.45, 2.75) is 26.4 Å². The molecule has 0 fully saturated rings. The molecule has 0 saturated carbocycles. The Balaban J connectivity index is 2.94. The standard InChI is InChI=1S/C12H19NO/c1-4-9-13(3)12-8-6-5-7-11(12)10(2)14/h5-8,10,14H,4,9H2,1-3H3/t10-/m1/s1. The van der Waals surface area contributed by atoms with Crippen molar-refractivity contribution < 1.29 is 5.11 Å². The maximum atomic E-state index is 9.59. The van der Waals surface area contributed by atoms with E-state index in [1.807, 2.05) is 18.2 Å². The fourth-order valence-corrected chi connectivity index (χ4v) is 1.64. The maximum absolute atomic E-state index is 9.59. The molecule has 1 rings (SSSR count). The van der Waals surface area contributed by atoms with Crippen LogP contribution in [-0.2, 0) is 0 Å². The van der Waals surface area contributed by atoms with Gasteiger partial charge in [-0.25, -0.2) is 0 Å². The predicted molar refractivity (Wildman–Crippen MR) is 60.6 cm³/mol. The highest BCUT2D eigenvalue weighted by molar-refractivity contribution is 5.53. The summed E-state index contributed by atoms with van der Waals surface area (Å²) in [5.74, 6) is 0. The number of hydrogen-bond acceptors (Lipinski definition) is 2. The van der Waals surface area contributed by atoms with Gasteiger partial charge in [-0.2, -0.15) is 0 Å². The molecule has 0 unspecified atom stereocenters. The lowest BCUT2D eigenvalue weighted by molar-refractivity contribution is 0.199. The van der Waals surface area contributed by atoms with Gasteiger partial charge >= 0.3 is 0 Å². The third-order valence-electron chi connectivity index (χ3n) is 2.36. The minimum atomic E-state index is -0.398. The van der Waals surface area contributed by atoms with Gasteiger partial charge in [-0.3, -0.25) is 0 Å². The van der Waals surface area contributed by atoms with E-state index in [2.05, 4.69) is 24.9 Å². The van der Waals surface area contributed by atoms with E-state index >= 15 is 0 Å². The van der Waals surface area contributed by atoms with E-state index in [9.17, 15) is 5.11 Å². The third-order valence-corrected chi connectivity index (χ3v) is 2.36. The van der Waals surface area contributed by atoms with Crippen LogP contribution in [0.1, 0.15) is 31.9 Å². The Bertz CT molecular complexity index is 283. The first-order chi connectivity index (χ1) is 6.66. The number of nitrogens with zero attached hydrogens (tertiary/aromatic N) is 1. The minimum Gasteiger partial charge on any atom is -0.389 e. The van der Waals surface area contributed by atoms with Gasteiger partial charge in [-0.05, 0) is 19.4 Å². The number of para-hydroxylation sites is 1. The second kappa shape index (κ2) is 5.01. The Kier molecular flexibility index (Phi) is 3.96. The van der Waals surface area contributed by atoms with Gasteiger partial charge in [0.2, 0.25) is 0 Å². The monoisotopic (exact) mass is 193 g/mol. The molecule has 0 spiro atoms. The molecular formula is C12H19NO. The van der Waals surface area contributed by atoms with E-state index in [1.54, 1.807) is 6.92 Å². The molecule has 2 heteroatoms. The fraction of sp³-hybridized carbons (Fsp3) is 0.500. The Morgan fingerprint density at radius 2 is 2.00 bits per heavy atom. The summed E-state index contributed by atoms with van der Waals surface area (Å²) >= 11 is 0. The molecule has 0 bridgehead atoms. The number of rotatable bonds is 4. The van der Waals surface area contributed by atoms with Crippen LogP contribution in [0.5, 0.6) is 0 Å². The molecule has 1 aromatic rings. The summed E-state index contributed by atoms with van der Waals surface area (Å²) in [5.41, 5.74) is 2.13. The molecule has 0 amide bonds. The SMILES string of the molecule is CCCN(C)c1ccccc1[C@@H](C)O. The van der Waals surface area contributed by atoms with E-state index in [-0.39, 0.29) is 0 Å². The molecule has 0 aliphatic heterocycles. The van der Waals surface area contributed by atoms with Crippen LogP contribution < -0.4 is 4.90 Å². The van der Waals surface area contributed by atoms with E-state index in [1.165, 1.54) is 0 Å². The fourth-order valence-electron chi connectivity index (χ4n) is 1.64. The Hall–Kier alpha value is -1.02. The van der Waals surface area contributed by atoms with Crippen LogP contribution >= 0.6 is 0 Å². The molecule has 14 heavy (non-hydrogen) atoms. The first-order valence-electron chi connectivity index (χ1n) is 5.15. The quantitative estimate of drug-likeness (QED) is 0.794. The molecule has 0 saturated heterocycles. The van der Waals surface area contributed by atoms with Gasteiger partial charge in [-0.1, -0.05) is 25.1 Å².